The van der Waals surface area contributed by atoms with Gasteiger partial charge in [0.15, 0.2) is 0 Å². The third-order valence-electron chi connectivity index (χ3n) is 5.71. The predicted molar refractivity (Wildman–Crippen MR) is 95.3 cm³/mol. The van der Waals surface area contributed by atoms with Crippen LogP contribution in [0.1, 0.15) is 37.3 Å². The first-order chi connectivity index (χ1) is 12.5. The van der Waals surface area contributed by atoms with Crippen molar-refractivity contribution in [3.8, 4) is 0 Å². The highest BCUT2D eigenvalue weighted by molar-refractivity contribution is 6.09. The van der Waals surface area contributed by atoms with E-state index in [-0.39, 0.29) is 24.4 Å². The molecule has 3 unspecified atom stereocenters. The Labute approximate surface area is 152 Å². The van der Waals surface area contributed by atoms with Crippen LogP contribution in [0, 0.1) is 0 Å². The zero-order chi connectivity index (χ0) is 18.3. The van der Waals surface area contributed by atoms with Crippen LogP contribution in [0.15, 0.2) is 24.3 Å². The Morgan fingerprint density at radius 3 is 2.96 bits per heavy atom. The van der Waals surface area contributed by atoms with Gasteiger partial charge in [0, 0.05) is 12.1 Å². The van der Waals surface area contributed by atoms with Crippen molar-refractivity contribution in [1.29, 1.82) is 0 Å². The highest BCUT2D eigenvalue weighted by Gasteiger charge is 2.55. The minimum absolute atomic E-state index is 0.0840. The summed E-state index contributed by atoms with van der Waals surface area (Å²) < 4.78 is 0. The van der Waals surface area contributed by atoms with E-state index in [0.29, 0.717) is 12.5 Å². The number of hydrogen-bond donors (Lipinski definition) is 3. The number of hydrogen-bond acceptors (Lipinski definition) is 4. The first-order valence-corrected chi connectivity index (χ1v) is 9.25. The molecule has 1 aromatic rings. The number of carbonyl (C=O) groups is 3. The van der Waals surface area contributed by atoms with Crippen LogP contribution in [-0.2, 0) is 21.5 Å². The number of nitrogens with zero attached hydrogens (tertiary/aromatic N) is 1. The van der Waals surface area contributed by atoms with Crippen molar-refractivity contribution in [3.05, 3.63) is 35.4 Å². The van der Waals surface area contributed by atoms with Gasteiger partial charge in [-0.25, -0.2) is 4.79 Å². The summed E-state index contributed by atoms with van der Waals surface area (Å²) in [4.78, 5) is 38.9. The molecule has 0 saturated carbocycles. The number of piperidine rings is 1. The second-order valence-electron chi connectivity index (χ2n) is 7.53. The molecule has 2 aliphatic heterocycles. The van der Waals surface area contributed by atoms with Gasteiger partial charge in [-0.3, -0.25) is 14.5 Å². The van der Waals surface area contributed by atoms with Crippen LogP contribution in [0.2, 0.25) is 0 Å². The summed E-state index contributed by atoms with van der Waals surface area (Å²) in [6.07, 6.45) is 2.99. The van der Waals surface area contributed by atoms with Crippen molar-refractivity contribution in [2.24, 2.45) is 0 Å². The van der Waals surface area contributed by atoms with E-state index < -0.39 is 11.6 Å². The molecule has 2 fully saturated rings. The molecule has 2 saturated heterocycles. The molecular formula is C19H24N4O3. The van der Waals surface area contributed by atoms with E-state index in [9.17, 15) is 14.4 Å². The summed E-state index contributed by atoms with van der Waals surface area (Å²) in [5.41, 5.74) is 0.932. The first kappa shape index (κ1) is 17.0. The molecule has 0 bridgehead atoms. The lowest BCUT2D eigenvalue weighted by Crippen LogP contribution is -2.50. The number of amides is 4. The fourth-order valence-electron chi connectivity index (χ4n) is 4.41. The second-order valence-corrected chi connectivity index (χ2v) is 7.53. The van der Waals surface area contributed by atoms with Crippen LogP contribution in [0.25, 0.3) is 0 Å². The molecule has 1 aliphatic carbocycles. The maximum absolute atomic E-state index is 13.0. The number of fused-ring (bicyclic) bond motifs is 2. The Hall–Kier alpha value is -2.41. The van der Waals surface area contributed by atoms with Gasteiger partial charge < -0.3 is 16.0 Å². The summed E-state index contributed by atoms with van der Waals surface area (Å²) in [7, 11) is 0. The van der Waals surface area contributed by atoms with E-state index in [1.807, 2.05) is 24.3 Å². The van der Waals surface area contributed by atoms with Gasteiger partial charge in [0.2, 0.25) is 5.91 Å². The fraction of sp³-hybridized carbons (Fsp3) is 0.526. The summed E-state index contributed by atoms with van der Waals surface area (Å²) in [6.45, 7) is 2.71. The molecule has 0 aromatic heterocycles. The topological polar surface area (TPSA) is 90.5 Å². The Bertz CT molecular complexity index is 765. The normalized spacial score (nSPS) is 30.4. The number of imide groups is 1. The summed E-state index contributed by atoms with van der Waals surface area (Å²) in [5.74, 6) is -0.600. The fourth-order valence-corrected chi connectivity index (χ4v) is 4.41. The van der Waals surface area contributed by atoms with Crippen LogP contribution in [-0.4, -0.2) is 47.9 Å². The average Bonchev–Trinajstić information content (AvgIpc) is 3.09. The Balaban J connectivity index is 1.46. The Morgan fingerprint density at radius 2 is 2.15 bits per heavy atom. The van der Waals surface area contributed by atoms with Gasteiger partial charge in [-0.2, -0.15) is 0 Å². The Kier molecular flexibility index (Phi) is 4.19. The maximum Gasteiger partial charge on any atom is 0.325 e. The van der Waals surface area contributed by atoms with Gasteiger partial charge in [-0.05, 0) is 50.3 Å². The van der Waals surface area contributed by atoms with Crippen molar-refractivity contribution in [2.45, 2.75) is 50.2 Å². The number of rotatable bonds is 3. The molecule has 138 valence electrons. The zero-order valence-electron chi connectivity index (χ0n) is 14.9. The number of carbonyl (C=O) groups excluding carboxylic acids is 3. The standard InChI is InChI=1S/C19H24N4O3/c1-12-10-14(7-9-20-12)21-16(24)11-23-17(25)19(22-18(23)26)8-6-13-4-2-3-5-15(13)19/h2-5,12,14,20H,6-11H2,1H3,(H,21,24)(H,22,26). The minimum Gasteiger partial charge on any atom is -0.352 e. The van der Waals surface area contributed by atoms with Crippen LogP contribution < -0.4 is 16.0 Å². The van der Waals surface area contributed by atoms with Crippen molar-refractivity contribution in [2.75, 3.05) is 13.1 Å². The quantitative estimate of drug-likeness (QED) is 0.693. The van der Waals surface area contributed by atoms with E-state index in [2.05, 4.69) is 22.9 Å². The number of nitrogens with one attached hydrogen (secondary N) is 3. The van der Waals surface area contributed by atoms with Gasteiger partial charge in [0.25, 0.3) is 5.91 Å². The number of aryl methyl sites for hydroxylation is 1. The molecule has 26 heavy (non-hydrogen) atoms. The monoisotopic (exact) mass is 356 g/mol. The SMILES string of the molecule is CC1CC(NC(=O)CN2C(=O)NC3(CCc4ccccc43)C2=O)CCN1. The van der Waals surface area contributed by atoms with Crippen LogP contribution in [0.5, 0.6) is 0 Å². The molecule has 2 heterocycles. The van der Waals surface area contributed by atoms with Gasteiger partial charge in [-0.15, -0.1) is 0 Å². The van der Waals surface area contributed by atoms with Gasteiger partial charge in [0.05, 0.1) is 0 Å². The lowest BCUT2D eigenvalue weighted by molar-refractivity contribution is -0.135. The minimum atomic E-state index is -1.00. The van der Waals surface area contributed by atoms with Crippen LogP contribution in [0.4, 0.5) is 4.79 Å². The number of benzene rings is 1. The van der Waals surface area contributed by atoms with Crippen molar-refractivity contribution >= 4 is 17.8 Å². The largest absolute Gasteiger partial charge is 0.352 e. The molecular weight excluding hydrogens is 332 g/mol. The average molecular weight is 356 g/mol. The highest BCUT2D eigenvalue weighted by Crippen LogP contribution is 2.41. The summed E-state index contributed by atoms with van der Waals surface area (Å²) >= 11 is 0. The van der Waals surface area contributed by atoms with Crippen molar-refractivity contribution in [3.63, 3.8) is 0 Å². The van der Waals surface area contributed by atoms with E-state index in [1.165, 1.54) is 0 Å². The maximum atomic E-state index is 13.0. The van der Waals surface area contributed by atoms with Gasteiger partial charge in [-0.1, -0.05) is 24.3 Å². The third-order valence-corrected chi connectivity index (χ3v) is 5.71. The molecule has 4 rings (SSSR count). The highest BCUT2D eigenvalue weighted by atomic mass is 16.2. The third kappa shape index (κ3) is 2.76. The molecule has 4 amide bonds. The van der Waals surface area contributed by atoms with Crippen molar-refractivity contribution in [1.82, 2.24) is 20.9 Å². The van der Waals surface area contributed by atoms with E-state index in [1.54, 1.807) is 0 Å². The van der Waals surface area contributed by atoms with Gasteiger partial charge >= 0.3 is 6.03 Å². The van der Waals surface area contributed by atoms with Crippen LogP contribution in [0.3, 0.4) is 0 Å². The van der Waals surface area contributed by atoms with E-state index in [4.69, 9.17) is 0 Å². The van der Waals surface area contributed by atoms with E-state index >= 15 is 0 Å². The molecule has 7 nitrogen and oxygen atoms in total. The van der Waals surface area contributed by atoms with E-state index in [0.717, 1.165) is 41.8 Å². The first-order valence-electron chi connectivity index (χ1n) is 9.25. The number of urea groups is 1. The Morgan fingerprint density at radius 1 is 1.35 bits per heavy atom. The molecule has 0 radical (unpaired) electrons. The molecule has 1 spiro atoms. The smallest absolute Gasteiger partial charge is 0.325 e. The molecule has 3 atom stereocenters. The molecule has 3 aliphatic rings. The molecule has 1 aromatic carbocycles. The zero-order valence-corrected chi connectivity index (χ0v) is 14.9. The lowest BCUT2D eigenvalue weighted by atomic mass is 9.92. The molecule has 7 heteroatoms. The molecule has 3 N–H and O–H groups in total. The van der Waals surface area contributed by atoms with Crippen LogP contribution >= 0.6 is 0 Å². The van der Waals surface area contributed by atoms with Gasteiger partial charge in [0.1, 0.15) is 12.1 Å². The van der Waals surface area contributed by atoms with Crippen molar-refractivity contribution < 1.29 is 14.4 Å². The second kappa shape index (κ2) is 6.39. The summed E-state index contributed by atoms with van der Waals surface area (Å²) in [5, 5.41) is 9.15. The predicted octanol–water partition coefficient (Wildman–Crippen LogP) is 0.637. The summed E-state index contributed by atoms with van der Waals surface area (Å²) in [6, 6.07) is 7.63. The lowest BCUT2D eigenvalue weighted by Gasteiger charge is -2.29.